The molecule has 0 unspecified atom stereocenters. The van der Waals surface area contributed by atoms with Crippen LogP contribution in [-0.4, -0.2) is 23.2 Å². The lowest BCUT2D eigenvalue weighted by Crippen LogP contribution is -2.03. The fourth-order valence-electron chi connectivity index (χ4n) is 1.02. The summed E-state index contributed by atoms with van der Waals surface area (Å²) in [6.07, 6.45) is 1.54. The summed E-state index contributed by atoms with van der Waals surface area (Å²) < 4.78 is 5.03. The first kappa shape index (κ1) is 9.51. The molecule has 70 valence electrons. The molecule has 1 heterocycles. The maximum absolute atomic E-state index is 10.4. The maximum Gasteiger partial charge on any atom is 0.309 e. The minimum absolute atomic E-state index is 0.0728. The lowest BCUT2D eigenvalue weighted by molar-refractivity contribution is -0.136. The molecule has 1 N–H and O–H groups in total. The second kappa shape index (κ2) is 3.89. The first-order valence-electron chi connectivity index (χ1n) is 3.85. The highest BCUT2D eigenvalue weighted by Crippen LogP contribution is 2.16. The second-order valence-electron chi connectivity index (χ2n) is 2.72. The molecule has 0 aliphatic rings. The van der Waals surface area contributed by atoms with Gasteiger partial charge >= 0.3 is 5.97 Å². The van der Waals surface area contributed by atoms with E-state index in [-0.39, 0.29) is 6.42 Å². The van der Waals surface area contributed by atoms with Crippen molar-refractivity contribution in [3.63, 3.8) is 0 Å². The molecule has 0 atom stereocenters. The molecule has 4 heteroatoms. The van der Waals surface area contributed by atoms with Crippen molar-refractivity contribution in [2.75, 3.05) is 7.11 Å². The highest BCUT2D eigenvalue weighted by molar-refractivity contribution is 5.69. The molecule has 1 rings (SSSR count). The molecule has 0 spiro atoms. The van der Waals surface area contributed by atoms with E-state index in [9.17, 15) is 4.79 Å². The van der Waals surface area contributed by atoms with Crippen LogP contribution >= 0.6 is 0 Å². The molecule has 0 amide bonds. The Bertz CT molecular complexity index is 323. The van der Waals surface area contributed by atoms with Crippen molar-refractivity contribution < 1.29 is 14.6 Å². The van der Waals surface area contributed by atoms with Gasteiger partial charge in [0, 0.05) is 17.8 Å². The molecular weight excluding hydrogens is 170 g/mol. The third kappa shape index (κ3) is 2.43. The Labute approximate surface area is 76.2 Å². The summed E-state index contributed by atoms with van der Waals surface area (Å²) in [4.78, 5) is 14.3. The number of carboxylic acid groups (broad SMARTS) is 1. The SMILES string of the molecule is COc1cc(CC(=O)O)ncc1C. The topological polar surface area (TPSA) is 59.4 Å². The average Bonchev–Trinajstić information content (AvgIpc) is 2.07. The van der Waals surface area contributed by atoms with Crippen LogP contribution in [0.3, 0.4) is 0 Å². The number of carbonyl (C=O) groups is 1. The first-order valence-corrected chi connectivity index (χ1v) is 3.85. The van der Waals surface area contributed by atoms with Crippen molar-refractivity contribution in [1.82, 2.24) is 4.98 Å². The third-order valence-corrected chi connectivity index (χ3v) is 1.66. The summed E-state index contributed by atoms with van der Waals surface area (Å²) in [7, 11) is 1.55. The average molecular weight is 181 g/mol. The molecule has 1 aromatic heterocycles. The summed E-state index contributed by atoms with van der Waals surface area (Å²) >= 11 is 0. The molecular formula is C9H11NO3. The van der Waals surface area contributed by atoms with Crippen molar-refractivity contribution in [3.05, 3.63) is 23.5 Å². The summed E-state index contributed by atoms with van der Waals surface area (Å²) in [5.41, 5.74) is 1.41. The molecule has 0 saturated carbocycles. The summed E-state index contributed by atoms with van der Waals surface area (Å²) in [6.45, 7) is 1.86. The van der Waals surface area contributed by atoms with E-state index in [4.69, 9.17) is 9.84 Å². The van der Waals surface area contributed by atoms with Crippen LogP contribution in [0, 0.1) is 6.92 Å². The van der Waals surface area contributed by atoms with Gasteiger partial charge in [-0.15, -0.1) is 0 Å². The predicted molar refractivity (Wildman–Crippen MR) is 46.9 cm³/mol. The number of hydrogen-bond acceptors (Lipinski definition) is 3. The number of aromatic nitrogens is 1. The molecule has 0 radical (unpaired) electrons. The number of pyridine rings is 1. The smallest absolute Gasteiger partial charge is 0.309 e. The van der Waals surface area contributed by atoms with Gasteiger partial charge in [0.05, 0.1) is 19.2 Å². The van der Waals surface area contributed by atoms with Crippen molar-refractivity contribution >= 4 is 5.97 Å². The van der Waals surface area contributed by atoms with Crippen LogP contribution in [0.4, 0.5) is 0 Å². The van der Waals surface area contributed by atoms with Gasteiger partial charge in [0.1, 0.15) is 5.75 Å². The summed E-state index contributed by atoms with van der Waals surface area (Å²) in [5, 5.41) is 8.52. The number of rotatable bonds is 3. The highest BCUT2D eigenvalue weighted by atomic mass is 16.5. The Kier molecular flexibility index (Phi) is 2.84. The number of aliphatic carboxylic acids is 1. The van der Waals surface area contributed by atoms with E-state index < -0.39 is 5.97 Å². The molecule has 0 fully saturated rings. The van der Waals surface area contributed by atoms with Crippen LogP contribution in [0.2, 0.25) is 0 Å². The summed E-state index contributed by atoms with van der Waals surface area (Å²) in [6, 6.07) is 1.64. The number of ether oxygens (including phenoxy) is 1. The minimum Gasteiger partial charge on any atom is -0.496 e. The van der Waals surface area contributed by atoms with E-state index in [1.165, 1.54) is 0 Å². The molecule has 4 nitrogen and oxygen atoms in total. The van der Waals surface area contributed by atoms with E-state index in [1.54, 1.807) is 19.4 Å². The van der Waals surface area contributed by atoms with E-state index in [1.807, 2.05) is 6.92 Å². The third-order valence-electron chi connectivity index (χ3n) is 1.66. The lowest BCUT2D eigenvalue weighted by Gasteiger charge is -2.04. The molecule has 0 aliphatic heterocycles. The Morgan fingerprint density at radius 2 is 2.38 bits per heavy atom. The molecule has 0 bridgehead atoms. The number of nitrogens with zero attached hydrogens (tertiary/aromatic N) is 1. The van der Waals surface area contributed by atoms with Gasteiger partial charge in [-0.05, 0) is 6.92 Å². The molecule has 0 aromatic carbocycles. The monoisotopic (exact) mass is 181 g/mol. The second-order valence-corrected chi connectivity index (χ2v) is 2.72. The van der Waals surface area contributed by atoms with E-state index in [0.717, 1.165) is 5.56 Å². The van der Waals surface area contributed by atoms with Crippen molar-refractivity contribution in [3.8, 4) is 5.75 Å². The Hall–Kier alpha value is -1.58. The van der Waals surface area contributed by atoms with Crippen LogP contribution in [0.15, 0.2) is 12.3 Å². The lowest BCUT2D eigenvalue weighted by atomic mass is 10.2. The Balaban J connectivity index is 2.92. The zero-order valence-corrected chi connectivity index (χ0v) is 7.57. The van der Waals surface area contributed by atoms with Crippen molar-refractivity contribution in [2.45, 2.75) is 13.3 Å². The number of aryl methyl sites for hydroxylation is 1. The van der Waals surface area contributed by atoms with Gasteiger partial charge in [-0.3, -0.25) is 9.78 Å². The molecule has 0 aliphatic carbocycles. The van der Waals surface area contributed by atoms with E-state index in [2.05, 4.69) is 4.98 Å². The summed E-state index contributed by atoms with van der Waals surface area (Å²) in [5.74, 6) is -0.218. The van der Waals surface area contributed by atoms with Crippen molar-refractivity contribution in [1.29, 1.82) is 0 Å². The molecule has 1 aromatic rings. The molecule has 13 heavy (non-hydrogen) atoms. The van der Waals surface area contributed by atoms with Gasteiger partial charge in [-0.25, -0.2) is 0 Å². The zero-order chi connectivity index (χ0) is 9.84. The maximum atomic E-state index is 10.4. The van der Waals surface area contributed by atoms with Crippen LogP contribution in [0.5, 0.6) is 5.75 Å². The highest BCUT2D eigenvalue weighted by Gasteiger charge is 2.05. The standard InChI is InChI=1S/C9H11NO3/c1-6-5-10-7(4-9(11)12)3-8(6)13-2/h3,5H,4H2,1-2H3,(H,11,12). The predicted octanol–water partition coefficient (Wildman–Crippen LogP) is 1.03. The van der Waals surface area contributed by atoms with Crippen LogP contribution in [-0.2, 0) is 11.2 Å². The number of carboxylic acids is 1. The van der Waals surface area contributed by atoms with Gasteiger partial charge < -0.3 is 9.84 Å². The normalized spacial score (nSPS) is 9.69. The van der Waals surface area contributed by atoms with Crippen LogP contribution in [0.25, 0.3) is 0 Å². The quantitative estimate of drug-likeness (QED) is 0.756. The van der Waals surface area contributed by atoms with Crippen molar-refractivity contribution in [2.24, 2.45) is 0 Å². The minimum atomic E-state index is -0.890. The van der Waals surface area contributed by atoms with Gasteiger partial charge in [-0.2, -0.15) is 0 Å². The van der Waals surface area contributed by atoms with Gasteiger partial charge in [-0.1, -0.05) is 0 Å². The van der Waals surface area contributed by atoms with Gasteiger partial charge in [0.25, 0.3) is 0 Å². The Morgan fingerprint density at radius 3 is 2.92 bits per heavy atom. The van der Waals surface area contributed by atoms with E-state index >= 15 is 0 Å². The van der Waals surface area contributed by atoms with E-state index in [0.29, 0.717) is 11.4 Å². The fourth-order valence-corrected chi connectivity index (χ4v) is 1.02. The first-order chi connectivity index (χ1) is 6.13. The number of hydrogen-bond donors (Lipinski definition) is 1. The van der Waals surface area contributed by atoms with Gasteiger partial charge in [0.15, 0.2) is 0 Å². The van der Waals surface area contributed by atoms with Gasteiger partial charge in [0.2, 0.25) is 0 Å². The van der Waals surface area contributed by atoms with Crippen LogP contribution < -0.4 is 4.74 Å². The molecule has 0 saturated heterocycles. The Morgan fingerprint density at radius 1 is 1.69 bits per heavy atom. The largest absolute Gasteiger partial charge is 0.496 e. The zero-order valence-electron chi connectivity index (χ0n) is 7.57. The fraction of sp³-hybridized carbons (Fsp3) is 0.333. The van der Waals surface area contributed by atoms with Crippen LogP contribution in [0.1, 0.15) is 11.3 Å². The number of methoxy groups -OCH3 is 1.